The highest BCUT2D eigenvalue weighted by atomic mass is 31.0. The largest absolute Gasteiger partial charge is 0.269 e. The van der Waals surface area contributed by atoms with Gasteiger partial charge in [0, 0.05) is 0 Å². The van der Waals surface area contributed by atoms with E-state index in [2.05, 4.69) is 9.24 Å². The van der Waals surface area contributed by atoms with E-state index in [9.17, 15) is 4.39 Å². The third-order valence-corrected chi connectivity index (χ3v) is 1.30. The zero-order valence-electron chi connectivity index (χ0n) is 3.89. The van der Waals surface area contributed by atoms with Crippen molar-refractivity contribution in [2.75, 3.05) is 13.1 Å². The predicted molar refractivity (Wildman–Crippen MR) is 29.3 cm³/mol. The van der Waals surface area contributed by atoms with Gasteiger partial charge in [-0.2, -0.15) is 0 Å². The maximum Gasteiger partial charge on any atom is 0.151 e. The summed E-state index contributed by atoms with van der Waals surface area (Å²) in [5.74, 6) is 5.13. The molecule has 0 amide bonds. The van der Waals surface area contributed by atoms with Crippen molar-refractivity contribution < 1.29 is 4.39 Å². The summed E-state index contributed by atoms with van der Waals surface area (Å²) in [7, 11) is 2.11. The van der Waals surface area contributed by atoms with Gasteiger partial charge in [0.05, 0.1) is 13.1 Å². The molecule has 0 spiro atoms. The van der Waals surface area contributed by atoms with Crippen LogP contribution in [0.25, 0.3) is 0 Å². The zero-order valence-corrected chi connectivity index (χ0v) is 5.05. The third kappa shape index (κ3) is 1.09. The molecule has 1 aliphatic rings. The van der Waals surface area contributed by atoms with Gasteiger partial charge in [0.25, 0.3) is 0 Å². The van der Waals surface area contributed by atoms with Crippen molar-refractivity contribution in [3.05, 3.63) is 0 Å². The van der Waals surface area contributed by atoms with Crippen molar-refractivity contribution in [3.8, 4) is 0 Å². The fourth-order valence-electron chi connectivity index (χ4n) is 0.629. The van der Waals surface area contributed by atoms with Crippen LogP contribution in [-0.4, -0.2) is 23.5 Å². The molecule has 1 atom stereocenters. The van der Waals surface area contributed by atoms with Crippen LogP contribution < -0.4 is 5.84 Å². The molecular weight excluding hydrogens is 114 g/mol. The van der Waals surface area contributed by atoms with Gasteiger partial charge in [0.1, 0.15) is 0 Å². The summed E-state index contributed by atoms with van der Waals surface area (Å²) in [6.45, 7) is 0.690. The first kappa shape index (κ1) is 5.42. The number of alkyl halides is 1. The van der Waals surface area contributed by atoms with Crippen molar-refractivity contribution in [2.45, 2.75) is 5.41 Å². The monoisotopic (exact) mass is 122 g/mol. The van der Waals surface area contributed by atoms with Gasteiger partial charge >= 0.3 is 0 Å². The lowest BCUT2D eigenvalue weighted by atomic mass is 10.2. The van der Waals surface area contributed by atoms with Gasteiger partial charge < -0.3 is 0 Å². The predicted octanol–water partition coefficient (Wildman–Crippen LogP) is -0.283. The van der Waals surface area contributed by atoms with E-state index in [1.807, 2.05) is 0 Å². The molecule has 1 fully saturated rings. The molecule has 2 nitrogen and oxygen atoms in total. The number of hydrazine groups is 1. The van der Waals surface area contributed by atoms with Gasteiger partial charge in [0.15, 0.2) is 5.41 Å². The first-order chi connectivity index (χ1) is 3.10. The maximum atomic E-state index is 12.3. The second kappa shape index (κ2) is 1.38. The molecule has 1 aliphatic heterocycles. The molecule has 1 rings (SSSR count). The summed E-state index contributed by atoms with van der Waals surface area (Å²) in [5.41, 5.74) is 0. The maximum absolute atomic E-state index is 12.3. The van der Waals surface area contributed by atoms with Crippen LogP contribution in [0.3, 0.4) is 0 Å². The van der Waals surface area contributed by atoms with E-state index in [0.29, 0.717) is 13.1 Å². The van der Waals surface area contributed by atoms with E-state index in [1.165, 1.54) is 5.01 Å². The minimum Gasteiger partial charge on any atom is -0.269 e. The van der Waals surface area contributed by atoms with Gasteiger partial charge in [-0.25, -0.2) is 9.40 Å². The zero-order chi connectivity index (χ0) is 5.49. The van der Waals surface area contributed by atoms with Gasteiger partial charge in [0.2, 0.25) is 0 Å². The lowest BCUT2D eigenvalue weighted by Crippen LogP contribution is -2.58. The normalized spacial score (nSPS) is 29.6. The molecule has 0 bridgehead atoms. The fraction of sp³-hybridized carbons (Fsp3) is 1.00. The first-order valence-electron chi connectivity index (χ1n) is 2.08. The van der Waals surface area contributed by atoms with E-state index < -0.39 is 5.41 Å². The summed E-state index contributed by atoms with van der Waals surface area (Å²) in [5, 5.41) is 0.349. The van der Waals surface area contributed by atoms with Crippen LogP contribution in [0.2, 0.25) is 0 Å². The van der Waals surface area contributed by atoms with Crippen LogP contribution in [0.1, 0.15) is 0 Å². The molecule has 42 valence electrons. The van der Waals surface area contributed by atoms with E-state index in [-0.39, 0.29) is 0 Å². The summed E-state index contributed by atoms with van der Waals surface area (Å²) < 4.78 is 12.3. The molecule has 1 unspecified atom stereocenters. The van der Waals surface area contributed by atoms with E-state index in [1.54, 1.807) is 0 Å². The average molecular weight is 122 g/mol. The minimum atomic E-state index is -1.09. The summed E-state index contributed by atoms with van der Waals surface area (Å²) >= 11 is 0. The summed E-state index contributed by atoms with van der Waals surface area (Å²) in [4.78, 5) is 0. The van der Waals surface area contributed by atoms with Crippen molar-refractivity contribution in [1.29, 1.82) is 0 Å². The Balaban J connectivity index is 2.29. The SMILES string of the molecule is NN1CC(F)(P)C1. The topological polar surface area (TPSA) is 29.3 Å². The van der Waals surface area contributed by atoms with Crippen molar-refractivity contribution in [1.82, 2.24) is 5.01 Å². The Morgan fingerprint density at radius 1 is 1.71 bits per heavy atom. The highest BCUT2D eigenvalue weighted by Crippen LogP contribution is 2.28. The van der Waals surface area contributed by atoms with Crippen molar-refractivity contribution in [2.24, 2.45) is 5.84 Å². The summed E-state index contributed by atoms with van der Waals surface area (Å²) in [6, 6.07) is 0. The van der Waals surface area contributed by atoms with Gasteiger partial charge in [-0.1, -0.05) is 9.24 Å². The Morgan fingerprint density at radius 2 is 2.14 bits per heavy atom. The van der Waals surface area contributed by atoms with E-state index in [0.717, 1.165) is 0 Å². The number of halogens is 1. The smallest absolute Gasteiger partial charge is 0.151 e. The van der Waals surface area contributed by atoms with Gasteiger partial charge in [-0.15, -0.1) is 0 Å². The first-order valence-corrected chi connectivity index (χ1v) is 2.65. The van der Waals surface area contributed by atoms with Crippen LogP contribution in [0.15, 0.2) is 0 Å². The molecular formula is C3H8FN2P. The van der Waals surface area contributed by atoms with Gasteiger partial charge in [-0.05, 0) is 0 Å². The second-order valence-corrected chi connectivity index (χ2v) is 2.97. The lowest BCUT2D eigenvalue weighted by Gasteiger charge is -2.38. The quantitative estimate of drug-likeness (QED) is 0.353. The molecule has 4 heteroatoms. The Bertz CT molecular complexity index is 77.0. The second-order valence-electron chi connectivity index (χ2n) is 1.94. The Hall–Kier alpha value is 0.280. The van der Waals surface area contributed by atoms with Gasteiger partial charge in [-0.3, -0.25) is 5.84 Å². The molecule has 0 aromatic rings. The Kier molecular flexibility index (Phi) is 1.06. The van der Waals surface area contributed by atoms with Crippen LogP contribution in [0.5, 0.6) is 0 Å². The Labute approximate surface area is 44.0 Å². The number of nitrogens with two attached hydrogens (primary N) is 1. The highest BCUT2D eigenvalue weighted by molar-refractivity contribution is 7.18. The highest BCUT2D eigenvalue weighted by Gasteiger charge is 2.36. The number of hydrogen-bond acceptors (Lipinski definition) is 2. The molecule has 0 radical (unpaired) electrons. The molecule has 7 heavy (non-hydrogen) atoms. The Morgan fingerprint density at radius 3 is 2.14 bits per heavy atom. The number of nitrogens with zero attached hydrogens (tertiary/aromatic N) is 1. The molecule has 0 aromatic heterocycles. The molecule has 1 heterocycles. The van der Waals surface area contributed by atoms with Crippen LogP contribution in [0.4, 0.5) is 4.39 Å². The molecule has 0 saturated carbocycles. The fourth-order valence-corrected chi connectivity index (χ4v) is 1.10. The van der Waals surface area contributed by atoms with E-state index >= 15 is 0 Å². The molecule has 0 aliphatic carbocycles. The van der Waals surface area contributed by atoms with Crippen LogP contribution >= 0.6 is 9.24 Å². The van der Waals surface area contributed by atoms with Crippen molar-refractivity contribution >= 4 is 9.24 Å². The molecule has 2 N–H and O–H groups in total. The molecule has 1 saturated heterocycles. The lowest BCUT2D eigenvalue weighted by molar-refractivity contribution is 0.0381. The van der Waals surface area contributed by atoms with Crippen molar-refractivity contribution in [3.63, 3.8) is 0 Å². The third-order valence-electron chi connectivity index (χ3n) is 0.932. The van der Waals surface area contributed by atoms with Crippen LogP contribution in [0, 0.1) is 0 Å². The summed E-state index contributed by atoms with van der Waals surface area (Å²) in [6.07, 6.45) is 0. The van der Waals surface area contributed by atoms with E-state index in [4.69, 9.17) is 5.84 Å². The standard InChI is InChI=1S/C3H8FN2P/c4-3(7)1-6(5)2-3/h1-2,5,7H2. The number of hydrogen-bond donors (Lipinski definition) is 1. The number of rotatable bonds is 0. The minimum absolute atomic E-state index is 0.345. The molecule has 0 aromatic carbocycles. The van der Waals surface area contributed by atoms with Crippen LogP contribution in [-0.2, 0) is 0 Å². The average Bonchev–Trinajstić information content (AvgIpc) is 1.27.